The zero-order chi connectivity index (χ0) is 11.7. The van der Waals surface area contributed by atoms with Gasteiger partial charge >= 0.3 is 0 Å². The van der Waals surface area contributed by atoms with E-state index in [1.807, 2.05) is 5.38 Å². The van der Waals surface area contributed by atoms with Crippen molar-refractivity contribution in [2.75, 3.05) is 11.9 Å². The highest BCUT2D eigenvalue weighted by Gasteiger charge is 2.17. The van der Waals surface area contributed by atoms with Crippen LogP contribution in [0.25, 0.3) is 0 Å². The van der Waals surface area contributed by atoms with Gasteiger partial charge in [-0.1, -0.05) is 15.9 Å². The van der Waals surface area contributed by atoms with E-state index in [0.717, 1.165) is 34.9 Å². The van der Waals surface area contributed by atoms with Gasteiger partial charge in [0.25, 0.3) is 0 Å². The Hall–Kier alpha value is -1.07. The molecule has 1 aromatic carbocycles. The summed E-state index contributed by atoms with van der Waals surface area (Å²) in [6.07, 6.45) is 2.80. The number of aromatic nitrogens is 1. The molecule has 0 saturated heterocycles. The van der Waals surface area contributed by atoms with Crippen molar-refractivity contribution in [1.82, 2.24) is 4.98 Å². The third-order valence-electron chi connectivity index (χ3n) is 2.69. The molecular weight excluding hydrogens is 300 g/mol. The summed E-state index contributed by atoms with van der Waals surface area (Å²) in [5.74, 6) is 1.04. The van der Waals surface area contributed by atoms with Gasteiger partial charge in [-0.3, -0.25) is 0 Å². The molecule has 5 heteroatoms. The normalized spacial score (nSPS) is 13.2. The van der Waals surface area contributed by atoms with Gasteiger partial charge in [0.1, 0.15) is 5.75 Å². The second-order valence-corrected chi connectivity index (χ2v) is 5.65. The second kappa shape index (κ2) is 4.66. The highest BCUT2D eigenvalue weighted by molar-refractivity contribution is 9.10. The van der Waals surface area contributed by atoms with Crippen molar-refractivity contribution in [3.8, 4) is 5.75 Å². The Bertz CT molecular complexity index is 528. The lowest BCUT2D eigenvalue weighted by atomic mass is 10.1. The van der Waals surface area contributed by atoms with Crippen molar-refractivity contribution in [3.05, 3.63) is 39.3 Å². The summed E-state index contributed by atoms with van der Waals surface area (Å²) in [6, 6.07) is 4.24. The molecule has 1 N–H and O–H groups in total. The molecule has 3 nitrogen and oxygen atoms in total. The molecule has 2 aromatic rings. The van der Waals surface area contributed by atoms with Crippen LogP contribution in [0, 0.1) is 0 Å². The zero-order valence-corrected chi connectivity index (χ0v) is 11.5. The molecular formula is C12H11BrN2OS. The molecule has 0 aliphatic carbocycles. The largest absolute Gasteiger partial charge is 0.493 e. The lowest BCUT2D eigenvalue weighted by Gasteiger charge is -2.09. The van der Waals surface area contributed by atoms with Crippen LogP contribution in [0.4, 0.5) is 5.13 Å². The molecule has 0 fully saturated rings. The fourth-order valence-corrected chi connectivity index (χ4v) is 3.04. The summed E-state index contributed by atoms with van der Waals surface area (Å²) in [4.78, 5) is 4.20. The molecule has 0 radical (unpaired) electrons. The first-order valence-electron chi connectivity index (χ1n) is 5.40. The summed E-state index contributed by atoms with van der Waals surface area (Å²) in [5, 5.41) is 6.21. The molecule has 0 spiro atoms. The van der Waals surface area contributed by atoms with Crippen LogP contribution in [-0.2, 0) is 13.0 Å². The molecule has 0 saturated carbocycles. The van der Waals surface area contributed by atoms with Gasteiger partial charge in [0.2, 0.25) is 0 Å². The maximum atomic E-state index is 5.68. The minimum atomic E-state index is 0.745. The standard InChI is InChI=1S/C12H11BrN2OS/c13-10-5-8-1-3-16-11(8)9(6-10)7-15-12-14-2-4-17-12/h2,4-6H,1,3,7H2,(H,14,15). The fraction of sp³-hybridized carbons (Fsp3) is 0.250. The summed E-state index contributed by atoms with van der Waals surface area (Å²) in [5.41, 5.74) is 2.47. The van der Waals surface area contributed by atoms with Crippen molar-refractivity contribution in [2.45, 2.75) is 13.0 Å². The van der Waals surface area contributed by atoms with Crippen molar-refractivity contribution in [2.24, 2.45) is 0 Å². The van der Waals surface area contributed by atoms with Gasteiger partial charge in [0, 0.05) is 34.6 Å². The predicted molar refractivity (Wildman–Crippen MR) is 72.8 cm³/mol. The SMILES string of the molecule is Brc1cc2c(c(CNc3nccs3)c1)OCC2. The van der Waals surface area contributed by atoms with Gasteiger partial charge in [-0.15, -0.1) is 11.3 Å². The van der Waals surface area contributed by atoms with E-state index in [4.69, 9.17) is 4.74 Å². The number of anilines is 1. The van der Waals surface area contributed by atoms with Crippen molar-refractivity contribution in [1.29, 1.82) is 0 Å². The summed E-state index contributed by atoms with van der Waals surface area (Å²) >= 11 is 5.14. The number of halogens is 1. The monoisotopic (exact) mass is 310 g/mol. The van der Waals surface area contributed by atoms with E-state index in [2.05, 4.69) is 38.4 Å². The Balaban J connectivity index is 1.83. The van der Waals surface area contributed by atoms with Crippen LogP contribution in [0.1, 0.15) is 11.1 Å². The number of fused-ring (bicyclic) bond motifs is 1. The van der Waals surface area contributed by atoms with Crippen LogP contribution < -0.4 is 10.1 Å². The van der Waals surface area contributed by atoms with Crippen LogP contribution in [0.15, 0.2) is 28.2 Å². The average molecular weight is 311 g/mol. The highest BCUT2D eigenvalue weighted by Crippen LogP contribution is 2.33. The smallest absolute Gasteiger partial charge is 0.182 e. The van der Waals surface area contributed by atoms with Gasteiger partial charge in [-0.25, -0.2) is 4.98 Å². The Morgan fingerprint density at radius 3 is 3.24 bits per heavy atom. The van der Waals surface area contributed by atoms with Crippen LogP contribution in [-0.4, -0.2) is 11.6 Å². The number of hydrogen-bond acceptors (Lipinski definition) is 4. The number of ether oxygens (including phenoxy) is 1. The number of hydrogen-bond donors (Lipinski definition) is 1. The Kier molecular flexibility index (Phi) is 3.03. The maximum absolute atomic E-state index is 5.68. The van der Waals surface area contributed by atoms with Crippen molar-refractivity contribution >= 4 is 32.4 Å². The third-order valence-corrected chi connectivity index (χ3v) is 3.88. The van der Waals surface area contributed by atoms with Gasteiger partial charge in [0.05, 0.1) is 6.61 Å². The fourth-order valence-electron chi connectivity index (χ4n) is 1.96. The minimum Gasteiger partial charge on any atom is -0.493 e. The topological polar surface area (TPSA) is 34.2 Å². The lowest BCUT2D eigenvalue weighted by Crippen LogP contribution is -2.01. The number of benzene rings is 1. The van der Waals surface area contributed by atoms with Crippen LogP contribution in [0.2, 0.25) is 0 Å². The molecule has 0 amide bonds. The van der Waals surface area contributed by atoms with E-state index in [1.54, 1.807) is 17.5 Å². The third kappa shape index (κ3) is 2.30. The number of rotatable bonds is 3. The summed E-state index contributed by atoms with van der Waals surface area (Å²) in [7, 11) is 0. The van der Waals surface area contributed by atoms with Crippen LogP contribution in [0.5, 0.6) is 5.75 Å². The van der Waals surface area contributed by atoms with E-state index in [9.17, 15) is 0 Å². The Morgan fingerprint density at radius 2 is 2.41 bits per heavy atom. The molecule has 2 heterocycles. The van der Waals surface area contributed by atoms with E-state index < -0.39 is 0 Å². The maximum Gasteiger partial charge on any atom is 0.182 e. The highest BCUT2D eigenvalue weighted by atomic mass is 79.9. The van der Waals surface area contributed by atoms with E-state index in [-0.39, 0.29) is 0 Å². The molecule has 88 valence electrons. The Morgan fingerprint density at radius 1 is 1.47 bits per heavy atom. The van der Waals surface area contributed by atoms with Crippen LogP contribution in [0.3, 0.4) is 0 Å². The first kappa shape index (κ1) is 11.0. The van der Waals surface area contributed by atoms with Gasteiger partial charge < -0.3 is 10.1 Å². The number of nitrogens with zero attached hydrogens (tertiary/aromatic N) is 1. The summed E-state index contributed by atoms with van der Waals surface area (Å²) < 4.78 is 6.79. The van der Waals surface area contributed by atoms with E-state index >= 15 is 0 Å². The molecule has 0 bridgehead atoms. The van der Waals surface area contributed by atoms with Gasteiger partial charge in [0.15, 0.2) is 5.13 Å². The number of thiazole rings is 1. The molecule has 1 aliphatic heterocycles. The van der Waals surface area contributed by atoms with Crippen molar-refractivity contribution < 1.29 is 4.74 Å². The molecule has 3 rings (SSSR count). The van der Waals surface area contributed by atoms with E-state index in [1.165, 1.54) is 11.1 Å². The zero-order valence-electron chi connectivity index (χ0n) is 9.07. The average Bonchev–Trinajstić information content (AvgIpc) is 2.95. The quantitative estimate of drug-likeness (QED) is 0.943. The van der Waals surface area contributed by atoms with Crippen molar-refractivity contribution in [3.63, 3.8) is 0 Å². The lowest BCUT2D eigenvalue weighted by molar-refractivity contribution is 0.354. The Labute approximate surface area is 112 Å². The number of nitrogens with one attached hydrogen (secondary N) is 1. The van der Waals surface area contributed by atoms with Crippen LogP contribution >= 0.6 is 27.3 Å². The predicted octanol–water partition coefficient (Wildman–Crippen LogP) is 3.45. The molecule has 1 aromatic heterocycles. The second-order valence-electron chi connectivity index (χ2n) is 3.84. The molecule has 1 aliphatic rings. The summed E-state index contributed by atoms with van der Waals surface area (Å²) in [6.45, 7) is 1.53. The minimum absolute atomic E-state index is 0.745. The van der Waals surface area contributed by atoms with Gasteiger partial charge in [-0.05, 0) is 17.7 Å². The molecule has 0 atom stereocenters. The first-order chi connectivity index (χ1) is 8.33. The van der Waals surface area contributed by atoms with E-state index in [0.29, 0.717) is 0 Å². The first-order valence-corrected chi connectivity index (χ1v) is 7.07. The van der Waals surface area contributed by atoms with Gasteiger partial charge in [-0.2, -0.15) is 0 Å². The molecule has 0 unspecified atom stereocenters. The molecule has 17 heavy (non-hydrogen) atoms.